The van der Waals surface area contributed by atoms with Crippen LogP contribution < -0.4 is 4.72 Å². The zero-order valence-electron chi connectivity index (χ0n) is 10.4. The minimum absolute atomic E-state index is 0.142. The summed E-state index contributed by atoms with van der Waals surface area (Å²) in [5.41, 5.74) is 0. The number of nitrogens with one attached hydrogen (secondary N) is 1. The molecule has 0 unspecified atom stereocenters. The number of carboxylic acids is 1. The van der Waals surface area contributed by atoms with Crippen molar-refractivity contribution in [1.82, 2.24) is 4.72 Å². The molecule has 0 radical (unpaired) electrons. The first kappa shape index (κ1) is 16.2. The van der Waals surface area contributed by atoms with Crippen LogP contribution >= 0.6 is 34.3 Å². The van der Waals surface area contributed by atoms with Crippen LogP contribution in [0.3, 0.4) is 0 Å². The van der Waals surface area contributed by atoms with Gasteiger partial charge in [-0.1, -0.05) is 11.6 Å². The van der Waals surface area contributed by atoms with Gasteiger partial charge in [0.2, 0.25) is 10.0 Å². The van der Waals surface area contributed by atoms with Crippen molar-refractivity contribution < 1.29 is 18.3 Å². The lowest BCUT2D eigenvalue weighted by atomic mass is 10.4. The summed E-state index contributed by atoms with van der Waals surface area (Å²) in [6.07, 6.45) is 2.50. The molecule has 0 aliphatic rings. The Morgan fingerprint density at radius 3 is 2.67 bits per heavy atom. The molecule has 0 saturated carbocycles. The number of carboxylic acid groups (broad SMARTS) is 1. The van der Waals surface area contributed by atoms with Crippen molar-refractivity contribution in [2.24, 2.45) is 0 Å². The Labute approximate surface area is 134 Å². The Hall–Kier alpha value is -1.19. The second kappa shape index (κ2) is 6.71. The topological polar surface area (TPSA) is 83.5 Å². The minimum Gasteiger partial charge on any atom is -0.478 e. The van der Waals surface area contributed by atoms with Crippen molar-refractivity contribution >= 4 is 56.3 Å². The van der Waals surface area contributed by atoms with E-state index in [-0.39, 0.29) is 10.8 Å². The summed E-state index contributed by atoms with van der Waals surface area (Å²) in [4.78, 5) is 11.9. The third-order valence-electron chi connectivity index (χ3n) is 2.32. The summed E-state index contributed by atoms with van der Waals surface area (Å²) >= 11 is 8.02. The first-order valence-electron chi connectivity index (χ1n) is 5.61. The largest absolute Gasteiger partial charge is 0.478 e. The number of sulfonamides is 1. The summed E-state index contributed by atoms with van der Waals surface area (Å²) < 4.78 is 27.0. The molecule has 2 heterocycles. The predicted octanol–water partition coefficient (Wildman–Crippen LogP) is 3.04. The molecule has 0 bridgehead atoms. The summed E-state index contributed by atoms with van der Waals surface area (Å²) in [5, 5.41) is 8.54. The van der Waals surface area contributed by atoms with Crippen molar-refractivity contribution in [3.05, 3.63) is 44.4 Å². The van der Waals surface area contributed by atoms with Crippen molar-refractivity contribution in [2.75, 3.05) is 0 Å². The Morgan fingerprint density at radius 2 is 2.05 bits per heavy atom. The average Bonchev–Trinajstić information content (AvgIpc) is 3.03. The highest BCUT2D eigenvalue weighted by Crippen LogP contribution is 2.26. The van der Waals surface area contributed by atoms with Gasteiger partial charge in [-0.05, 0) is 30.3 Å². The van der Waals surface area contributed by atoms with Crippen LogP contribution in [-0.2, 0) is 21.4 Å². The van der Waals surface area contributed by atoms with E-state index in [0.29, 0.717) is 4.34 Å². The number of rotatable bonds is 6. The van der Waals surface area contributed by atoms with Gasteiger partial charge in [-0.15, -0.1) is 22.7 Å². The maximum absolute atomic E-state index is 12.0. The maximum Gasteiger partial charge on any atom is 0.328 e. The van der Waals surface area contributed by atoms with Crippen LogP contribution in [0.5, 0.6) is 0 Å². The third-order valence-corrected chi connectivity index (χ3v) is 6.50. The van der Waals surface area contributed by atoms with Gasteiger partial charge in [-0.25, -0.2) is 17.9 Å². The van der Waals surface area contributed by atoms with Gasteiger partial charge in [0.05, 0.1) is 4.34 Å². The van der Waals surface area contributed by atoms with E-state index >= 15 is 0 Å². The van der Waals surface area contributed by atoms with Gasteiger partial charge in [0, 0.05) is 22.4 Å². The van der Waals surface area contributed by atoms with Crippen molar-refractivity contribution in [1.29, 1.82) is 0 Å². The summed E-state index contributed by atoms with van der Waals surface area (Å²) in [5.74, 6) is -1.03. The third kappa shape index (κ3) is 4.65. The van der Waals surface area contributed by atoms with E-state index in [2.05, 4.69) is 4.72 Å². The van der Waals surface area contributed by atoms with Gasteiger partial charge in [0.25, 0.3) is 0 Å². The minimum atomic E-state index is -3.58. The lowest BCUT2D eigenvalue weighted by Crippen LogP contribution is -2.21. The van der Waals surface area contributed by atoms with Crippen molar-refractivity contribution in [3.8, 4) is 0 Å². The average molecular weight is 364 g/mol. The molecule has 2 rings (SSSR count). The number of aliphatic carboxylic acids is 1. The Kier molecular flexibility index (Phi) is 5.17. The smallest absolute Gasteiger partial charge is 0.328 e. The van der Waals surface area contributed by atoms with Crippen molar-refractivity contribution in [3.63, 3.8) is 0 Å². The van der Waals surface area contributed by atoms with Gasteiger partial charge in [-0.3, -0.25) is 0 Å². The van der Waals surface area contributed by atoms with E-state index in [9.17, 15) is 13.2 Å². The number of thiophene rings is 2. The van der Waals surface area contributed by atoms with Crippen LogP contribution in [-0.4, -0.2) is 19.5 Å². The predicted molar refractivity (Wildman–Crippen MR) is 84.3 cm³/mol. The Balaban J connectivity index is 2.01. The summed E-state index contributed by atoms with van der Waals surface area (Å²) in [6.45, 7) is 0.142. The van der Waals surface area contributed by atoms with Gasteiger partial charge < -0.3 is 5.11 Å². The molecular formula is C12H10ClNO4S3. The molecule has 2 aromatic rings. The van der Waals surface area contributed by atoms with E-state index in [1.54, 1.807) is 12.1 Å². The maximum atomic E-state index is 12.0. The molecule has 0 fully saturated rings. The molecule has 0 saturated heterocycles. The molecule has 2 N–H and O–H groups in total. The quantitative estimate of drug-likeness (QED) is 0.772. The molecule has 9 heteroatoms. The Morgan fingerprint density at radius 1 is 1.29 bits per heavy atom. The van der Waals surface area contributed by atoms with E-state index in [4.69, 9.17) is 16.7 Å². The fourth-order valence-corrected chi connectivity index (χ4v) is 4.89. The molecule has 5 nitrogen and oxygen atoms in total. The van der Waals surface area contributed by atoms with E-state index in [1.165, 1.54) is 29.5 Å². The molecule has 0 aromatic carbocycles. The molecule has 0 aliphatic heterocycles. The van der Waals surface area contributed by atoms with E-state index in [1.807, 2.05) is 0 Å². The highest BCUT2D eigenvalue weighted by atomic mass is 35.5. The van der Waals surface area contributed by atoms with Crippen LogP contribution in [0, 0.1) is 0 Å². The molecule has 112 valence electrons. The second-order valence-corrected chi connectivity index (χ2v) is 8.77. The van der Waals surface area contributed by atoms with Crippen LogP contribution in [0.15, 0.2) is 34.6 Å². The van der Waals surface area contributed by atoms with Crippen molar-refractivity contribution in [2.45, 2.75) is 10.8 Å². The molecule has 2 aromatic heterocycles. The number of carbonyl (C=O) groups is 1. The number of halogens is 1. The van der Waals surface area contributed by atoms with E-state index in [0.717, 1.165) is 27.2 Å². The molecule has 0 atom stereocenters. The molecule has 0 spiro atoms. The lowest BCUT2D eigenvalue weighted by molar-refractivity contribution is -0.131. The van der Waals surface area contributed by atoms with Gasteiger partial charge in [0.15, 0.2) is 0 Å². The number of hydrogen-bond donors (Lipinski definition) is 2. The molecule has 0 aliphatic carbocycles. The summed E-state index contributed by atoms with van der Waals surface area (Å²) in [7, 11) is -3.58. The second-order valence-electron chi connectivity index (χ2n) is 3.86. The standard InChI is InChI=1S/C12H10ClNO4S3/c13-10-4-6-12(20-10)21(17,18)14-7-9-2-1-8(19-9)3-5-11(15)16/h1-6,14H,7H2,(H,15,16). The Bertz CT molecular complexity index is 776. The van der Waals surface area contributed by atoms with Gasteiger partial charge in [0.1, 0.15) is 4.21 Å². The van der Waals surface area contributed by atoms with Gasteiger partial charge >= 0.3 is 5.97 Å². The fourth-order valence-electron chi connectivity index (χ4n) is 1.41. The highest BCUT2D eigenvalue weighted by Gasteiger charge is 2.16. The monoisotopic (exact) mass is 363 g/mol. The normalized spacial score (nSPS) is 12.0. The molecule has 21 heavy (non-hydrogen) atoms. The number of hydrogen-bond acceptors (Lipinski definition) is 5. The first-order valence-corrected chi connectivity index (χ1v) is 9.11. The van der Waals surface area contributed by atoms with Crippen LogP contribution in [0.1, 0.15) is 9.75 Å². The van der Waals surface area contributed by atoms with Crippen LogP contribution in [0.2, 0.25) is 4.34 Å². The van der Waals surface area contributed by atoms with E-state index < -0.39 is 16.0 Å². The SMILES string of the molecule is O=C(O)C=Cc1ccc(CNS(=O)(=O)c2ccc(Cl)s2)s1. The molecule has 0 amide bonds. The summed E-state index contributed by atoms with van der Waals surface area (Å²) in [6, 6.07) is 6.46. The van der Waals surface area contributed by atoms with Crippen LogP contribution in [0.25, 0.3) is 6.08 Å². The first-order chi connectivity index (χ1) is 9.87. The zero-order chi connectivity index (χ0) is 15.5. The van der Waals surface area contributed by atoms with Gasteiger partial charge in [-0.2, -0.15) is 0 Å². The fraction of sp³-hybridized carbons (Fsp3) is 0.0833. The zero-order valence-corrected chi connectivity index (χ0v) is 13.7. The lowest BCUT2D eigenvalue weighted by Gasteiger charge is -2.02. The highest BCUT2D eigenvalue weighted by molar-refractivity contribution is 7.91. The van der Waals surface area contributed by atoms with Crippen LogP contribution in [0.4, 0.5) is 0 Å². The molecular weight excluding hydrogens is 354 g/mol.